The lowest BCUT2D eigenvalue weighted by atomic mass is 10.3. The molecule has 0 aliphatic rings. The Kier molecular flexibility index (Phi) is 3.43. The van der Waals surface area contributed by atoms with Crippen molar-refractivity contribution in [1.82, 2.24) is 0 Å². The van der Waals surface area contributed by atoms with Gasteiger partial charge in [-0.15, -0.1) is 12.4 Å². The van der Waals surface area contributed by atoms with Gasteiger partial charge in [0, 0.05) is 0 Å². The van der Waals surface area contributed by atoms with Gasteiger partial charge < -0.3 is 5.73 Å². The minimum Gasteiger partial charge on any atom is -0.398 e. The number of nitrogens with two attached hydrogens (primary N) is 1. The first-order valence-corrected chi connectivity index (χ1v) is 2.68. The van der Waals surface area contributed by atoms with Crippen molar-refractivity contribution in [1.29, 1.82) is 0 Å². The summed E-state index contributed by atoms with van der Waals surface area (Å²) in [4.78, 5) is 0. The number of halogens is 2. The molecule has 0 unspecified atom stereocenters. The van der Waals surface area contributed by atoms with E-state index in [4.69, 9.17) is 17.3 Å². The molecule has 2 N–H and O–H groups in total. The number of hydrogen-bond acceptors (Lipinski definition) is 1. The Morgan fingerprint density at radius 3 is 2.11 bits per heavy atom. The fourth-order valence-electron chi connectivity index (χ4n) is 0.475. The molecular formula is C6H7Cl2N. The summed E-state index contributed by atoms with van der Waals surface area (Å²) < 4.78 is 0. The summed E-state index contributed by atoms with van der Waals surface area (Å²) in [6.07, 6.45) is 0. The lowest BCUT2D eigenvalue weighted by molar-refractivity contribution is 1.68. The van der Waals surface area contributed by atoms with Gasteiger partial charge in [0.1, 0.15) is 0 Å². The Labute approximate surface area is 65.2 Å². The van der Waals surface area contributed by atoms with Gasteiger partial charge in [-0.25, -0.2) is 0 Å². The molecule has 0 atom stereocenters. The van der Waals surface area contributed by atoms with Crippen molar-refractivity contribution in [3.8, 4) is 0 Å². The molecule has 9 heavy (non-hydrogen) atoms. The molecule has 50 valence electrons. The molecule has 1 aromatic carbocycles. The van der Waals surface area contributed by atoms with E-state index in [2.05, 4.69) is 0 Å². The molecule has 0 fully saturated rings. The highest BCUT2D eigenvalue weighted by molar-refractivity contribution is 6.33. The van der Waals surface area contributed by atoms with Crippen LogP contribution in [0.15, 0.2) is 24.3 Å². The van der Waals surface area contributed by atoms with Gasteiger partial charge in [0.15, 0.2) is 0 Å². The van der Waals surface area contributed by atoms with Crippen LogP contribution < -0.4 is 5.73 Å². The minimum absolute atomic E-state index is 0. The average molecular weight is 164 g/mol. The molecule has 1 aromatic rings. The lowest BCUT2D eigenvalue weighted by Crippen LogP contribution is -1.82. The van der Waals surface area contributed by atoms with Crippen molar-refractivity contribution in [2.24, 2.45) is 0 Å². The summed E-state index contributed by atoms with van der Waals surface area (Å²) >= 11 is 5.58. The van der Waals surface area contributed by atoms with Crippen LogP contribution in [0.1, 0.15) is 0 Å². The van der Waals surface area contributed by atoms with Crippen LogP contribution in [0.25, 0.3) is 0 Å². The van der Waals surface area contributed by atoms with E-state index < -0.39 is 0 Å². The van der Waals surface area contributed by atoms with Gasteiger partial charge in [-0.2, -0.15) is 0 Å². The first kappa shape index (κ1) is 8.60. The smallest absolute Gasteiger partial charge is 0.0635 e. The summed E-state index contributed by atoms with van der Waals surface area (Å²) in [5, 5.41) is 0.618. The van der Waals surface area contributed by atoms with Crippen LogP contribution in [-0.2, 0) is 0 Å². The second-order valence-corrected chi connectivity index (χ2v) is 1.93. The van der Waals surface area contributed by atoms with Crippen molar-refractivity contribution in [3.63, 3.8) is 0 Å². The molecule has 3 heteroatoms. The SMILES string of the molecule is Cl.Nc1ccccc1Cl. The van der Waals surface area contributed by atoms with Crippen LogP contribution in [-0.4, -0.2) is 0 Å². The van der Waals surface area contributed by atoms with Crippen LogP contribution >= 0.6 is 24.0 Å². The molecule has 0 radical (unpaired) electrons. The Morgan fingerprint density at radius 1 is 1.22 bits per heavy atom. The zero-order chi connectivity index (χ0) is 5.98. The molecule has 0 amide bonds. The fraction of sp³-hybridized carbons (Fsp3) is 0. The first-order chi connectivity index (χ1) is 3.80. The lowest BCUT2D eigenvalue weighted by Gasteiger charge is -1.91. The predicted molar refractivity (Wildman–Crippen MR) is 43.1 cm³/mol. The van der Waals surface area contributed by atoms with Gasteiger partial charge in [0.25, 0.3) is 0 Å². The van der Waals surface area contributed by atoms with E-state index in [1.54, 1.807) is 12.1 Å². The van der Waals surface area contributed by atoms with Gasteiger partial charge in [-0.05, 0) is 12.1 Å². The molecule has 0 heterocycles. The monoisotopic (exact) mass is 163 g/mol. The minimum atomic E-state index is 0. The Morgan fingerprint density at radius 2 is 1.78 bits per heavy atom. The third-order valence-corrected chi connectivity index (χ3v) is 1.25. The highest BCUT2D eigenvalue weighted by Gasteiger charge is 1.87. The summed E-state index contributed by atoms with van der Waals surface area (Å²) in [6, 6.07) is 7.22. The molecule has 1 rings (SSSR count). The molecule has 0 aromatic heterocycles. The van der Waals surface area contributed by atoms with Crippen molar-refractivity contribution in [3.05, 3.63) is 29.3 Å². The van der Waals surface area contributed by atoms with Crippen molar-refractivity contribution in [2.75, 3.05) is 5.73 Å². The molecule has 0 spiro atoms. The fourth-order valence-corrected chi connectivity index (χ4v) is 0.611. The predicted octanol–water partition coefficient (Wildman–Crippen LogP) is 2.34. The summed E-state index contributed by atoms with van der Waals surface area (Å²) in [6.45, 7) is 0. The van der Waals surface area contributed by atoms with E-state index in [0.717, 1.165) is 0 Å². The third kappa shape index (κ3) is 2.12. The highest BCUT2D eigenvalue weighted by Crippen LogP contribution is 2.15. The standard InChI is InChI=1S/C6H6ClN.ClH/c7-5-3-1-2-4-6(5)8;/h1-4H,8H2;1H. The number of para-hydroxylation sites is 1. The zero-order valence-electron chi connectivity index (χ0n) is 4.67. The molecule has 0 saturated carbocycles. The number of rotatable bonds is 0. The quantitative estimate of drug-likeness (QED) is 0.585. The molecule has 1 nitrogen and oxygen atoms in total. The van der Waals surface area contributed by atoms with E-state index >= 15 is 0 Å². The Hall–Kier alpha value is -0.400. The average Bonchev–Trinajstić information content (AvgIpc) is 1.77. The molecular weight excluding hydrogens is 157 g/mol. The largest absolute Gasteiger partial charge is 0.398 e. The van der Waals surface area contributed by atoms with Gasteiger partial charge >= 0.3 is 0 Å². The van der Waals surface area contributed by atoms with E-state index in [1.165, 1.54) is 0 Å². The highest BCUT2D eigenvalue weighted by atomic mass is 35.5. The number of anilines is 1. The van der Waals surface area contributed by atoms with E-state index in [0.29, 0.717) is 10.7 Å². The molecule has 0 saturated heterocycles. The van der Waals surface area contributed by atoms with E-state index in [9.17, 15) is 0 Å². The van der Waals surface area contributed by atoms with Crippen LogP contribution in [0.5, 0.6) is 0 Å². The maximum Gasteiger partial charge on any atom is 0.0635 e. The van der Waals surface area contributed by atoms with Crippen molar-refractivity contribution >= 4 is 29.7 Å². The van der Waals surface area contributed by atoms with Crippen LogP contribution in [0, 0.1) is 0 Å². The number of nitrogen functional groups attached to an aromatic ring is 1. The van der Waals surface area contributed by atoms with Crippen LogP contribution in [0.4, 0.5) is 5.69 Å². The Balaban J connectivity index is 0.000000640. The number of hydrogen-bond donors (Lipinski definition) is 1. The third-order valence-electron chi connectivity index (χ3n) is 0.905. The zero-order valence-corrected chi connectivity index (χ0v) is 6.25. The topological polar surface area (TPSA) is 26.0 Å². The van der Waals surface area contributed by atoms with Crippen molar-refractivity contribution in [2.45, 2.75) is 0 Å². The Bertz CT molecular complexity index is 167. The normalized spacial score (nSPS) is 8.11. The van der Waals surface area contributed by atoms with E-state index in [1.807, 2.05) is 12.1 Å². The van der Waals surface area contributed by atoms with E-state index in [-0.39, 0.29) is 12.4 Å². The first-order valence-electron chi connectivity index (χ1n) is 2.31. The summed E-state index contributed by atoms with van der Waals surface area (Å²) in [7, 11) is 0. The van der Waals surface area contributed by atoms with Gasteiger partial charge in [0.05, 0.1) is 10.7 Å². The maximum absolute atomic E-state index is 5.58. The maximum atomic E-state index is 5.58. The molecule has 0 aliphatic heterocycles. The van der Waals surface area contributed by atoms with Gasteiger partial charge in [-0.1, -0.05) is 23.7 Å². The second-order valence-electron chi connectivity index (χ2n) is 1.52. The second kappa shape index (κ2) is 3.59. The van der Waals surface area contributed by atoms with Crippen LogP contribution in [0.3, 0.4) is 0 Å². The summed E-state index contributed by atoms with van der Waals surface area (Å²) in [5.74, 6) is 0. The van der Waals surface area contributed by atoms with Gasteiger partial charge in [-0.3, -0.25) is 0 Å². The summed E-state index contributed by atoms with van der Waals surface area (Å²) in [5.41, 5.74) is 6.02. The molecule has 0 bridgehead atoms. The number of benzene rings is 1. The van der Waals surface area contributed by atoms with Crippen molar-refractivity contribution < 1.29 is 0 Å². The van der Waals surface area contributed by atoms with Gasteiger partial charge in [0.2, 0.25) is 0 Å². The van der Waals surface area contributed by atoms with Crippen LogP contribution in [0.2, 0.25) is 5.02 Å². The molecule has 0 aliphatic carbocycles.